The van der Waals surface area contributed by atoms with Crippen molar-refractivity contribution in [1.29, 1.82) is 0 Å². The number of ether oxygens (including phenoxy) is 4. The van der Waals surface area contributed by atoms with Gasteiger partial charge in [0.2, 0.25) is 0 Å². The van der Waals surface area contributed by atoms with Gasteiger partial charge in [-0.25, -0.2) is 0 Å². The molecule has 0 N–H and O–H groups in total. The van der Waals surface area contributed by atoms with E-state index in [0.29, 0.717) is 0 Å². The third-order valence-electron chi connectivity index (χ3n) is 1.33. The largest absolute Gasteiger partial charge is 0.356 e. The van der Waals surface area contributed by atoms with Crippen LogP contribution in [0.1, 0.15) is 13.8 Å². The van der Waals surface area contributed by atoms with Gasteiger partial charge in [-0.3, -0.25) is 0 Å². The van der Waals surface area contributed by atoms with E-state index in [9.17, 15) is 0 Å². The average molecular weight is 342 g/mol. The number of rotatable bonds is 4. The third kappa shape index (κ3) is 23.0. The van der Waals surface area contributed by atoms with E-state index >= 15 is 0 Å². The number of methoxy groups -OCH3 is 4. The zero-order chi connectivity index (χ0) is 9.98. The lowest BCUT2D eigenvalue weighted by Gasteiger charge is -2.03. The summed E-state index contributed by atoms with van der Waals surface area (Å²) in [7, 11) is 6.42. The fourth-order valence-electron chi connectivity index (χ4n) is 0.192. The van der Waals surface area contributed by atoms with Crippen molar-refractivity contribution in [2.75, 3.05) is 28.4 Å². The fraction of sp³-hybridized carbons (Fsp3) is 1.00. The minimum absolute atomic E-state index is 0. The molecule has 0 aromatic carbocycles. The van der Waals surface area contributed by atoms with Crippen LogP contribution in [0.15, 0.2) is 0 Å². The summed E-state index contributed by atoms with van der Waals surface area (Å²) in [6.45, 7) is 3.67. The lowest BCUT2D eigenvalue weighted by atomic mass is 10.8. The van der Waals surface area contributed by atoms with Crippen molar-refractivity contribution in [3.05, 3.63) is 0 Å². The summed E-state index contributed by atoms with van der Waals surface area (Å²) in [5.41, 5.74) is 0. The molecule has 0 unspecified atom stereocenters. The highest BCUT2D eigenvalue weighted by Crippen LogP contribution is 1.83. The van der Waals surface area contributed by atoms with E-state index in [1.807, 2.05) is 13.8 Å². The lowest BCUT2D eigenvalue weighted by molar-refractivity contribution is -0.0879. The Balaban J connectivity index is -0.0000000625. The van der Waals surface area contributed by atoms with E-state index in [-0.39, 0.29) is 46.5 Å². The van der Waals surface area contributed by atoms with Gasteiger partial charge in [0.25, 0.3) is 0 Å². The maximum absolute atomic E-state index is 4.68. The molecule has 0 bridgehead atoms. The molecule has 4 nitrogen and oxygen atoms in total. The van der Waals surface area contributed by atoms with Gasteiger partial charge in [-0.2, -0.15) is 0 Å². The molecule has 0 aromatic heterocycles. The van der Waals surface area contributed by atoms with Gasteiger partial charge in [-0.1, -0.05) is 0 Å². The Kier molecular flexibility index (Phi) is 33.5. The maximum Gasteiger partial charge on any atom is 0.154 e. The van der Waals surface area contributed by atoms with E-state index in [4.69, 9.17) is 0 Å². The molecule has 6 heteroatoms. The average Bonchev–Trinajstić information content (AvgIpc) is 2.16. The van der Waals surface area contributed by atoms with Crippen LogP contribution in [0, 0.1) is 0 Å². The predicted molar refractivity (Wildman–Crippen MR) is 67.6 cm³/mol. The van der Waals surface area contributed by atoms with Gasteiger partial charge >= 0.3 is 0 Å². The van der Waals surface area contributed by atoms with Crippen LogP contribution in [0.4, 0.5) is 0 Å². The van der Waals surface area contributed by atoms with Gasteiger partial charge in [0, 0.05) is 28.4 Å². The molecule has 92 valence electrons. The molecule has 0 aliphatic heterocycles. The molecule has 0 saturated heterocycles. The molecule has 0 aliphatic rings. The van der Waals surface area contributed by atoms with Gasteiger partial charge in [0.1, 0.15) is 0 Å². The van der Waals surface area contributed by atoms with Crippen molar-refractivity contribution in [3.8, 4) is 0 Å². The quantitative estimate of drug-likeness (QED) is 0.736. The standard InChI is InChI=1S/2C4H10O2.2BrH/c2*1-4(5-2)6-3;;/h2*4H,1-3H3;2*1H. The summed E-state index contributed by atoms with van der Waals surface area (Å²) >= 11 is 0. The Hall–Kier alpha value is 0.800. The first-order valence-corrected chi connectivity index (χ1v) is 3.73. The predicted octanol–water partition coefficient (Wildman–Crippen LogP) is 2.41. The number of halogens is 2. The van der Waals surface area contributed by atoms with Crippen LogP contribution in [0.2, 0.25) is 0 Å². The smallest absolute Gasteiger partial charge is 0.154 e. The van der Waals surface area contributed by atoms with Crippen LogP contribution in [-0.2, 0) is 18.9 Å². The van der Waals surface area contributed by atoms with Gasteiger partial charge < -0.3 is 18.9 Å². The Morgan fingerprint density at radius 1 is 0.571 bits per heavy atom. The summed E-state index contributed by atoms with van der Waals surface area (Å²) in [5.74, 6) is 0. The highest BCUT2D eigenvalue weighted by Gasteiger charge is 1.88. The van der Waals surface area contributed by atoms with Crippen LogP contribution >= 0.6 is 34.0 Å². The highest BCUT2D eigenvalue weighted by molar-refractivity contribution is 8.93. The maximum atomic E-state index is 4.68. The van der Waals surface area contributed by atoms with Gasteiger partial charge in [-0.15, -0.1) is 34.0 Å². The van der Waals surface area contributed by atoms with Crippen molar-refractivity contribution in [3.63, 3.8) is 0 Å². The first-order chi connectivity index (χ1) is 5.62. The molecular weight excluding hydrogens is 320 g/mol. The van der Waals surface area contributed by atoms with E-state index < -0.39 is 0 Å². The monoisotopic (exact) mass is 340 g/mol. The van der Waals surface area contributed by atoms with Crippen molar-refractivity contribution < 1.29 is 18.9 Å². The Labute approximate surface area is 108 Å². The van der Waals surface area contributed by atoms with Gasteiger partial charge in [0.15, 0.2) is 12.6 Å². The molecule has 0 aromatic rings. The second-order valence-electron chi connectivity index (χ2n) is 2.08. The second kappa shape index (κ2) is 19.4. The second-order valence-corrected chi connectivity index (χ2v) is 2.08. The fourth-order valence-corrected chi connectivity index (χ4v) is 0.192. The summed E-state index contributed by atoms with van der Waals surface area (Å²) in [5, 5.41) is 0. The molecular formula is C8H22Br2O4. The molecule has 0 heterocycles. The van der Waals surface area contributed by atoms with Crippen LogP contribution in [-0.4, -0.2) is 41.0 Å². The SMILES string of the molecule is Br.Br.COC(C)OC.COC(C)OC. The van der Waals surface area contributed by atoms with Crippen molar-refractivity contribution in [2.45, 2.75) is 26.4 Å². The van der Waals surface area contributed by atoms with Crippen LogP contribution < -0.4 is 0 Å². The van der Waals surface area contributed by atoms with Crippen LogP contribution in [0.3, 0.4) is 0 Å². The van der Waals surface area contributed by atoms with E-state index in [0.717, 1.165) is 0 Å². The minimum atomic E-state index is -0.0648. The highest BCUT2D eigenvalue weighted by atomic mass is 79.9. The lowest BCUT2D eigenvalue weighted by Crippen LogP contribution is -2.05. The van der Waals surface area contributed by atoms with E-state index in [1.54, 1.807) is 28.4 Å². The molecule has 0 radical (unpaired) electrons. The Morgan fingerprint density at radius 2 is 0.714 bits per heavy atom. The third-order valence-corrected chi connectivity index (χ3v) is 1.33. The van der Waals surface area contributed by atoms with E-state index in [2.05, 4.69) is 18.9 Å². The zero-order valence-electron chi connectivity index (χ0n) is 9.60. The van der Waals surface area contributed by atoms with Crippen LogP contribution in [0.25, 0.3) is 0 Å². The zero-order valence-corrected chi connectivity index (χ0v) is 13.0. The van der Waals surface area contributed by atoms with Crippen molar-refractivity contribution in [2.24, 2.45) is 0 Å². The molecule has 0 saturated carbocycles. The molecule has 0 aliphatic carbocycles. The van der Waals surface area contributed by atoms with Crippen molar-refractivity contribution >= 4 is 34.0 Å². The topological polar surface area (TPSA) is 36.9 Å². The van der Waals surface area contributed by atoms with Gasteiger partial charge in [0.05, 0.1) is 0 Å². The Bertz CT molecular complexity index is 67.7. The molecule has 0 fully saturated rings. The molecule has 0 amide bonds. The molecule has 14 heavy (non-hydrogen) atoms. The minimum Gasteiger partial charge on any atom is -0.356 e. The number of hydrogen-bond acceptors (Lipinski definition) is 4. The Morgan fingerprint density at radius 3 is 0.714 bits per heavy atom. The van der Waals surface area contributed by atoms with Crippen molar-refractivity contribution in [1.82, 2.24) is 0 Å². The van der Waals surface area contributed by atoms with Crippen LogP contribution in [0.5, 0.6) is 0 Å². The first-order valence-electron chi connectivity index (χ1n) is 3.73. The first kappa shape index (κ1) is 24.2. The van der Waals surface area contributed by atoms with E-state index in [1.165, 1.54) is 0 Å². The normalized spacial score (nSPS) is 8.57. The summed E-state index contributed by atoms with van der Waals surface area (Å²) < 4.78 is 18.7. The molecule has 0 spiro atoms. The number of hydrogen-bond donors (Lipinski definition) is 0. The summed E-state index contributed by atoms with van der Waals surface area (Å²) in [4.78, 5) is 0. The van der Waals surface area contributed by atoms with Gasteiger partial charge in [-0.05, 0) is 13.8 Å². The molecule has 0 atom stereocenters. The summed E-state index contributed by atoms with van der Waals surface area (Å²) in [6, 6.07) is 0. The molecule has 0 rings (SSSR count). The summed E-state index contributed by atoms with van der Waals surface area (Å²) in [6.07, 6.45) is -0.130.